The van der Waals surface area contributed by atoms with Crippen LogP contribution in [0.1, 0.15) is 23.2 Å². The predicted octanol–water partition coefficient (Wildman–Crippen LogP) is 2.75. The molecule has 2 heterocycles. The summed E-state index contributed by atoms with van der Waals surface area (Å²) in [5, 5.41) is 3.05. The fourth-order valence-electron chi connectivity index (χ4n) is 3.27. The van der Waals surface area contributed by atoms with Gasteiger partial charge in [-0.25, -0.2) is 0 Å². The molecule has 1 aromatic carbocycles. The van der Waals surface area contributed by atoms with Crippen molar-refractivity contribution in [2.45, 2.75) is 12.8 Å². The van der Waals surface area contributed by atoms with Crippen LogP contribution in [0.25, 0.3) is 0 Å². The van der Waals surface area contributed by atoms with Crippen LogP contribution in [-0.4, -0.2) is 44.7 Å². The third-order valence-electron chi connectivity index (χ3n) is 4.85. The maximum Gasteiger partial charge on any atom is 0.255 e. The number of hydrogen-bond acceptors (Lipinski definition) is 5. The van der Waals surface area contributed by atoms with Crippen molar-refractivity contribution >= 4 is 11.6 Å². The summed E-state index contributed by atoms with van der Waals surface area (Å²) >= 11 is 0. The summed E-state index contributed by atoms with van der Waals surface area (Å²) < 4.78 is 10.5. The summed E-state index contributed by atoms with van der Waals surface area (Å²) in [7, 11) is 3.15. The Bertz CT molecular complexity index is 728. The molecule has 2 aromatic rings. The summed E-state index contributed by atoms with van der Waals surface area (Å²) in [6, 6.07) is 9.31. The molecule has 26 heavy (non-hydrogen) atoms. The number of piperidine rings is 1. The Kier molecular flexibility index (Phi) is 5.94. The second-order valence-electron chi connectivity index (χ2n) is 6.41. The van der Waals surface area contributed by atoms with Gasteiger partial charge in [-0.05, 0) is 43.0 Å². The Morgan fingerprint density at radius 2 is 1.88 bits per heavy atom. The van der Waals surface area contributed by atoms with Gasteiger partial charge in [-0.2, -0.15) is 0 Å². The van der Waals surface area contributed by atoms with Crippen molar-refractivity contribution < 1.29 is 14.3 Å². The van der Waals surface area contributed by atoms with Crippen LogP contribution in [0.4, 0.5) is 5.69 Å². The molecule has 0 spiro atoms. The summed E-state index contributed by atoms with van der Waals surface area (Å²) in [4.78, 5) is 18.9. The molecule has 6 nitrogen and oxygen atoms in total. The zero-order chi connectivity index (χ0) is 18.4. The lowest BCUT2D eigenvalue weighted by molar-refractivity contribution is 0.0942. The first-order chi connectivity index (χ1) is 12.7. The van der Waals surface area contributed by atoms with Gasteiger partial charge in [-0.1, -0.05) is 0 Å². The number of ether oxygens (including phenoxy) is 2. The zero-order valence-electron chi connectivity index (χ0n) is 15.3. The standard InChI is InChI=1S/C20H25N3O3/c1-25-17-3-4-18(19(13-17)26-2)20(24)22-14-15-7-11-23(12-8-15)16-5-9-21-10-6-16/h3-6,9-10,13,15H,7-8,11-12,14H2,1-2H3,(H,22,24). The number of nitrogens with zero attached hydrogens (tertiary/aromatic N) is 2. The molecule has 138 valence electrons. The van der Waals surface area contributed by atoms with Crippen molar-refractivity contribution in [3.8, 4) is 11.5 Å². The smallest absolute Gasteiger partial charge is 0.255 e. The van der Waals surface area contributed by atoms with Crippen LogP contribution >= 0.6 is 0 Å². The van der Waals surface area contributed by atoms with Crippen molar-refractivity contribution in [2.24, 2.45) is 5.92 Å². The van der Waals surface area contributed by atoms with E-state index in [0.717, 1.165) is 25.9 Å². The first kappa shape index (κ1) is 18.0. The minimum absolute atomic E-state index is 0.110. The second kappa shape index (κ2) is 8.56. The number of benzene rings is 1. The van der Waals surface area contributed by atoms with E-state index in [2.05, 4.69) is 15.2 Å². The van der Waals surface area contributed by atoms with E-state index in [4.69, 9.17) is 9.47 Å². The Labute approximate surface area is 154 Å². The largest absolute Gasteiger partial charge is 0.497 e. The van der Waals surface area contributed by atoms with Crippen LogP contribution in [0.5, 0.6) is 11.5 Å². The number of hydrogen-bond donors (Lipinski definition) is 1. The highest BCUT2D eigenvalue weighted by Gasteiger charge is 2.21. The number of carbonyl (C=O) groups is 1. The molecule has 3 rings (SSSR count). The fourth-order valence-corrected chi connectivity index (χ4v) is 3.27. The Balaban J connectivity index is 1.51. The fraction of sp³-hybridized carbons (Fsp3) is 0.400. The summed E-state index contributed by atoms with van der Waals surface area (Å²) in [6.45, 7) is 2.67. The first-order valence-corrected chi connectivity index (χ1v) is 8.86. The Morgan fingerprint density at radius 1 is 1.15 bits per heavy atom. The van der Waals surface area contributed by atoms with Gasteiger partial charge >= 0.3 is 0 Å². The number of carbonyl (C=O) groups excluding carboxylic acids is 1. The van der Waals surface area contributed by atoms with Crippen molar-refractivity contribution in [1.29, 1.82) is 0 Å². The highest BCUT2D eigenvalue weighted by molar-refractivity contribution is 5.97. The van der Waals surface area contributed by atoms with Gasteiger partial charge in [0, 0.05) is 43.8 Å². The normalized spacial score (nSPS) is 14.8. The van der Waals surface area contributed by atoms with Gasteiger partial charge < -0.3 is 19.7 Å². The van der Waals surface area contributed by atoms with E-state index >= 15 is 0 Å². The second-order valence-corrected chi connectivity index (χ2v) is 6.41. The van der Waals surface area contributed by atoms with Gasteiger partial charge in [0.25, 0.3) is 5.91 Å². The first-order valence-electron chi connectivity index (χ1n) is 8.86. The lowest BCUT2D eigenvalue weighted by atomic mass is 9.96. The van der Waals surface area contributed by atoms with Gasteiger partial charge in [0.05, 0.1) is 19.8 Å². The van der Waals surface area contributed by atoms with Crippen molar-refractivity contribution in [3.63, 3.8) is 0 Å². The van der Waals surface area contributed by atoms with Crippen molar-refractivity contribution in [2.75, 3.05) is 38.8 Å². The molecule has 0 aliphatic carbocycles. The number of pyridine rings is 1. The molecule has 0 bridgehead atoms. The molecule has 0 radical (unpaired) electrons. The molecule has 0 atom stereocenters. The maximum absolute atomic E-state index is 12.5. The topological polar surface area (TPSA) is 63.7 Å². The summed E-state index contributed by atoms with van der Waals surface area (Å²) in [5.41, 5.74) is 1.74. The third kappa shape index (κ3) is 4.25. The quantitative estimate of drug-likeness (QED) is 0.863. The van der Waals surface area contributed by atoms with Gasteiger partial charge in [-0.15, -0.1) is 0 Å². The van der Waals surface area contributed by atoms with Gasteiger partial charge in [0.15, 0.2) is 0 Å². The minimum atomic E-state index is -0.110. The summed E-state index contributed by atoms with van der Waals surface area (Å²) in [5.74, 6) is 1.57. The average Bonchev–Trinajstić information content (AvgIpc) is 2.72. The molecule has 1 aliphatic rings. The third-order valence-corrected chi connectivity index (χ3v) is 4.85. The molecule has 6 heteroatoms. The molecule has 1 N–H and O–H groups in total. The lowest BCUT2D eigenvalue weighted by Crippen LogP contribution is -2.38. The van der Waals surface area contributed by atoms with E-state index in [1.54, 1.807) is 32.4 Å². The average molecular weight is 355 g/mol. The van der Waals surface area contributed by atoms with E-state index in [-0.39, 0.29) is 5.91 Å². The van der Waals surface area contributed by atoms with Crippen LogP contribution in [0.3, 0.4) is 0 Å². The molecule has 1 aromatic heterocycles. The number of amides is 1. The Hall–Kier alpha value is -2.76. The van der Waals surface area contributed by atoms with E-state index in [1.807, 2.05) is 24.5 Å². The van der Waals surface area contributed by atoms with E-state index in [1.165, 1.54) is 5.69 Å². The number of anilines is 1. The zero-order valence-corrected chi connectivity index (χ0v) is 15.3. The number of methoxy groups -OCH3 is 2. The van der Waals surface area contributed by atoms with Crippen LogP contribution in [-0.2, 0) is 0 Å². The lowest BCUT2D eigenvalue weighted by Gasteiger charge is -2.33. The molecule has 1 fully saturated rings. The molecule has 0 unspecified atom stereocenters. The van der Waals surface area contributed by atoms with E-state index in [9.17, 15) is 4.79 Å². The number of rotatable bonds is 6. The molecule has 1 saturated heterocycles. The van der Waals surface area contributed by atoms with Gasteiger partial charge in [0.1, 0.15) is 11.5 Å². The highest BCUT2D eigenvalue weighted by atomic mass is 16.5. The van der Waals surface area contributed by atoms with Gasteiger partial charge in [0.2, 0.25) is 0 Å². The van der Waals surface area contributed by atoms with Crippen LogP contribution < -0.4 is 19.7 Å². The van der Waals surface area contributed by atoms with Crippen molar-refractivity contribution in [1.82, 2.24) is 10.3 Å². The molecular weight excluding hydrogens is 330 g/mol. The van der Waals surface area contributed by atoms with Crippen LogP contribution in [0, 0.1) is 5.92 Å². The monoisotopic (exact) mass is 355 g/mol. The molecule has 1 amide bonds. The van der Waals surface area contributed by atoms with Crippen molar-refractivity contribution in [3.05, 3.63) is 48.3 Å². The minimum Gasteiger partial charge on any atom is -0.497 e. The SMILES string of the molecule is COc1ccc(C(=O)NCC2CCN(c3ccncc3)CC2)c(OC)c1. The number of nitrogens with one attached hydrogen (secondary N) is 1. The predicted molar refractivity (Wildman–Crippen MR) is 101 cm³/mol. The van der Waals surface area contributed by atoms with Crippen LogP contribution in [0.2, 0.25) is 0 Å². The van der Waals surface area contributed by atoms with Crippen LogP contribution in [0.15, 0.2) is 42.7 Å². The highest BCUT2D eigenvalue weighted by Crippen LogP contribution is 2.25. The summed E-state index contributed by atoms with van der Waals surface area (Å²) in [6.07, 6.45) is 5.76. The molecule has 1 aliphatic heterocycles. The molecular formula is C20H25N3O3. The van der Waals surface area contributed by atoms with E-state index in [0.29, 0.717) is 29.5 Å². The van der Waals surface area contributed by atoms with Gasteiger partial charge in [-0.3, -0.25) is 9.78 Å². The Morgan fingerprint density at radius 3 is 2.54 bits per heavy atom. The van der Waals surface area contributed by atoms with E-state index < -0.39 is 0 Å². The maximum atomic E-state index is 12.5. The molecule has 0 saturated carbocycles. The number of aromatic nitrogens is 1.